The first kappa shape index (κ1) is 16.0. The highest BCUT2D eigenvalue weighted by Gasteiger charge is 2.23. The minimum Gasteiger partial charge on any atom is -0.373 e. The Labute approximate surface area is 130 Å². The number of aromatic nitrogens is 1. The molecule has 0 aromatic carbocycles. The van der Waals surface area contributed by atoms with Crippen LogP contribution < -0.4 is 10.6 Å². The molecule has 21 heavy (non-hydrogen) atoms. The minimum absolute atomic E-state index is 0.237. The van der Waals surface area contributed by atoms with Crippen molar-refractivity contribution in [2.75, 3.05) is 52.6 Å². The third kappa shape index (κ3) is 4.06. The largest absolute Gasteiger partial charge is 0.373 e. The number of piperazine rings is 1. The fraction of sp³-hybridized carbons (Fsp3) is 0.571. The van der Waals surface area contributed by atoms with Crippen LogP contribution in [0, 0.1) is 0 Å². The van der Waals surface area contributed by atoms with Crippen LogP contribution in [0.25, 0.3) is 0 Å². The van der Waals surface area contributed by atoms with E-state index < -0.39 is 0 Å². The molecule has 1 saturated heterocycles. The Morgan fingerprint density at radius 3 is 2.90 bits per heavy atom. The van der Waals surface area contributed by atoms with E-state index in [4.69, 9.17) is 11.6 Å². The fourth-order valence-corrected chi connectivity index (χ4v) is 2.55. The van der Waals surface area contributed by atoms with Crippen LogP contribution in [-0.4, -0.2) is 74.1 Å². The van der Waals surface area contributed by atoms with Gasteiger partial charge in [-0.2, -0.15) is 0 Å². The van der Waals surface area contributed by atoms with Gasteiger partial charge < -0.3 is 15.5 Å². The summed E-state index contributed by atoms with van der Waals surface area (Å²) in [5.74, 6) is 0.387. The molecule has 1 aliphatic heterocycles. The predicted octanol–water partition coefficient (Wildman–Crippen LogP) is 0.752. The van der Waals surface area contributed by atoms with Crippen LogP contribution in [0.2, 0.25) is 5.02 Å². The van der Waals surface area contributed by atoms with E-state index in [1.165, 1.54) is 0 Å². The zero-order chi connectivity index (χ0) is 15.4. The maximum Gasteiger partial charge on any atom is 0.271 e. The van der Waals surface area contributed by atoms with Gasteiger partial charge in [-0.1, -0.05) is 11.6 Å². The highest BCUT2D eigenvalue weighted by Crippen LogP contribution is 2.16. The quantitative estimate of drug-likeness (QED) is 0.859. The molecule has 2 rings (SSSR count). The van der Waals surface area contributed by atoms with Gasteiger partial charge in [0.05, 0.1) is 5.02 Å². The van der Waals surface area contributed by atoms with Crippen LogP contribution in [0.1, 0.15) is 10.5 Å². The van der Waals surface area contributed by atoms with Gasteiger partial charge in [0.2, 0.25) is 0 Å². The molecular formula is C14H22ClN5O. The second kappa shape index (κ2) is 7.06. The van der Waals surface area contributed by atoms with E-state index in [0.29, 0.717) is 23.4 Å². The number of pyridine rings is 1. The summed E-state index contributed by atoms with van der Waals surface area (Å²) in [6.45, 7) is 3.58. The van der Waals surface area contributed by atoms with Crippen LogP contribution >= 0.6 is 11.6 Å². The number of carbonyl (C=O) groups excluding carboxylic acids is 1. The lowest BCUT2D eigenvalue weighted by molar-refractivity contribution is 0.0877. The van der Waals surface area contributed by atoms with Crippen molar-refractivity contribution in [3.8, 4) is 0 Å². The van der Waals surface area contributed by atoms with Gasteiger partial charge in [0, 0.05) is 39.3 Å². The summed E-state index contributed by atoms with van der Waals surface area (Å²) in [4.78, 5) is 21.0. The Balaban J connectivity index is 1.98. The van der Waals surface area contributed by atoms with Crippen molar-refractivity contribution < 1.29 is 4.79 Å². The molecule has 1 amide bonds. The van der Waals surface area contributed by atoms with E-state index >= 15 is 0 Å². The lowest BCUT2D eigenvalue weighted by atomic mass is 10.2. The Kier molecular flexibility index (Phi) is 5.39. The van der Waals surface area contributed by atoms with Gasteiger partial charge in [-0.05, 0) is 26.2 Å². The van der Waals surface area contributed by atoms with E-state index in [1.807, 2.05) is 0 Å². The zero-order valence-electron chi connectivity index (χ0n) is 12.7. The SMILES string of the molecule is CNc1ccc(Cl)c(C(=O)NCC2CN(C)CCN2C)n1. The van der Waals surface area contributed by atoms with Gasteiger partial charge in [0.25, 0.3) is 5.91 Å². The number of anilines is 1. The number of carbonyl (C=O) groups is 1. The third-order valence-corrected chi connectivity index (χ3v) is 4.10. The predicted molar refractivity (Wildman–Crippen MR) is 85.0 cm³/mol. The first-order chi connectivity index (χ1) is 10.0. The number of amides is 1. The number of hydrogen-bond donors (Lipinski definition) is 2. The number of nitrogens with zero attached hydrogens (tertiary/aromatic N) is 3. The summed E-state index contributed by atoms with van der Waals surface area (Å²) in [5.41, 5.74) is 0.260. The molecule has 1 unspecified atom stereocenters. The number of halogens is 1. The number of likely N-dealkylation sites (N-methyl/N-ethyl adjacent to an activating group) is 2. The molecular weight excluding hydrogens is 290 g/mol. The molecule has 6 nitrogen and oxygen atoms in total. The molecule has 0 saturated carbocycles. The monoisotopic (exact) mass is 311 g/mol. The Morgan fingerprint density at radius 1 is 1.43 bits per heavy atom. The van der Waals surface area contributed by atoms with Crippen molar-refractivity contribution in [2.24, 2.45) is 0 Å². The van der Waals surface area contributed by atoms with E-state index in [1.54, 1.807) is 19.2 Å². The first-order valence-electron chi connectivity index (χ1n) is 7.02. The molecule has 2 N–H and O–H groups in total. The lowest BCUT2D eigenvalue weighted by Gasteiger charge is -2.37. The molecule has 0 aliphatic carbocycles. The standard InChI is InChI=1S/C14H22ClN5O/c1-16-12-5-4-11(15)13(18-12)14(21)17-8-10-9-19(2)6-7-20(10)3/h4-5,10H,6-9H2,1-3H3,(H,16,18)(H,17,21). The van der Waals surface area contributed by atoms with Crippen LogP contribution in [0.15, 0.2) is 12.1 Å². The van der Waals surface area contributed by atoms with E-state index in [-0.39, 0.29) is 11.6 Å². The maximum absolute atomic E-state index is 12.2. The van der Waals surface area contributed by atoms with Crippen LogP contribution in [0.5, 0.6) is 0 Å². The third-order valence-electron chi connectivity index (χ3n) is 3.80. The van der Waals surface area contributed by atoms with Gasteiger partial charge in [-0.25, -0.2) is 4.98 Å². The maximum atomic E-state index is 12.2. The average molecular weight is 312 g/mol. The lowest BCUT2D eigenvalue weighted by Crippen LogP contribution is -2.54. The van der Waals surface area contributed by atoms with Gasteiger partial charge >= 0.3 is 0 Å². The summed E-state index contributed by atoms with van der Waals surface area (Å²) < 4.78 is 0. The van der Waals surface area contributed by atoms with Crippen LogP contribution in [-0.2, 0) is 0 Å². The van der Waals surface area contributed by atoms with Crippen LogP contribution in [0.4, 0.5) is 5.82 Å². The summed E-state index contributed by atoms with van der Waals surface area (Å²) in [5, 5.41) is 6.19. The Hall–Kier alpha value is -1.37. The molecule has 1 fully saturated rings. The summed E-state index contributed by atoms with van der Waals surface area (Å²) >= 11 is 6.05. The molecule has 0 bridgehead atoms. The Bertz CT molecular complexity index is 510. The molecule has 1 aromatic rings. The summed E-state index contributed by atoms with van der Waals surface area (Å²) in [6.07, 6.45) is 0. The highest BCUT2D eigenvalue weighted by molar-refractivity contribution is 6.33. The smallest absolute Gasteiger partial charge is 0.271 e. The molecule has 7 heteroatoms. The highest BCUT2D eigenvalue weighted by atomic mass is 35.5. The van der Waals surface area contributed by atoms with Crippen LogP contribution in [0.3, 0.4) is 0 Å². The van der Waals surface area contributed by atoms with E-state index in [9.17, 15) is 4.79 Å². The van der Waals surface area contributed by atoms with Crippen molar-refractivity contribution in [1.82, 2.24) is 20.1 Å². The van der Waals surface area contributed by atoms with Crippen molar-refractivity contribution in [1.29, 1.82) is 0 Å². The first-order valence-corrected chi connectivity index (χ1v) is 7.40. The van der Waals surface area contributed by atoms with Gasteiger partial charge in [-0.3, -0.25) is 9.69 Å². The Morgan fingerprint density at radius 2 is 2.19 bits per heavy atom. The second-order valence-electron chi connectivity index (χ2n) is 5.38. The summed E-state index contributed by atoms with van der Waals surface area (Å²) in [6, 6.07) is 3.72. The van der Waals surface area contributed by atoms with Gasteiger partial charge in [-0.15, -0.1) is 0 Å². The second-order valence-corrected chi connectivity index (χ2v) is 5.79. The minimum atomic E-state index is -0.237. The fourth-order valence-electron chi connectivity index (χ4n) is 2.36. The molecule has 0 spiro atoms. The number of rotatable bonds is 4. The van der Waals surface area contributed by atoms with Gasteiger partial charge in [0.1, 0.15) is 11.5 Å². The van der Waals surface area contributed by atoms with Gasteiger partial charge in [0.15, 0.2) is 0 Å². The van der Waals surface area contributed by atoms with E-state index in [0.717, 1.165) is 19.6 Å². The topological polar surface area (TPSA) is 60.5 Å². The van der Waals surface area contributed by atoms with Crippen molar-refractivity contribution >= 4 is 23.3 Å². The molecule has 1 aromatic heterocycles. The average Bonchev–Trinajstić information content (AvgIpc) is 2.48. The summed E-state index contributed by atoms with van der Waals surface area (Å²) in [7, 11) is 5.93. The molecule has 2 heterocycles. The molecule has 1 atom stereocenters. The molecule has 116 valence electrons. The zero-order valence-corrected chi connectivity index (χ0v) is 13.4. The molecule has 0 radical (unpaired) electrons. The van der Waals surface area contributed by atoms with Crippen molar-refractivity contribution in [3.05, 3.63) is 22.8 Å². The number of hydrogen-bond acceptors (Lipinski definition) is 5. The molecule has 1 aliphatic rings. The van der Waals surface area contributed by atoms with Crippen molar-refractivity contribution in [2.45, 2.75) is 6.04 Å². The van der Waals surface area contributed by atoms with Crippen molar-refractivity contribution in [3.63, 3.8) is 0 Å². The number of nitrogens with one attached hydrogen (secondary N) is 2. The normalized spacial score (nSPS) is 20.3. The van der Waals surface area contributed by atoms with E-state index in [2.05, 4.69) is 39.5 Å².